The molecule has 2 unspecified atom stereocenters. The molecule has 96 valence electrons. The molecule has 0 aromatic heterocycles. The van der Waals surface area contributed by atoms with Crippen molar-refractivity contribution in [1.82, 2.24) is 0 Å². The molecule has 2 aliphatic rings. The third kappa shape index (κ3) is 2.81. The summed E-state index contributed by atoms with van der Waals surface area (Å²) in [7, 11) is 0. The lowest BCUT2D eigenvalue weighted by atomic mass is 9.71. The van der Waals surface area contributed by atoms with Crippen LogP contribution in [-0.4, -0.2) is 23.9 Å². The number of aliphatic hydroxyl groups is 1. The predicted octanol–water partition coefficient (Wildman–Crippen LogP) is 2.78. The molecule has 0 spiro atoms. The Kier molecular flexibility index (Phi) is 4.42. The molecule has 1 aliphatic heterocycles. The topological polar surface area (TPSA) is 53.2 Å². The quantitative estimate of drug-likeness (QED) is 0.803. The van der Waals surface area contributed by atoms with E-state index in [2.05, 4.69) is 6.07 Å². The van der Waals surface area contributed by atoms with Gasteiger partial charge >= 0.3 is 0 Å². The van der Waals surface area contributed by atoms with Crippen LogP contribution >= 0.6 is 0 Å². The monoisotopic (exact) mass is 237 g/mol. The smallest absolute Gasteiger partial charge is 0.0987 e. The number of nitriles is 1. The van der Waals surface area contributed by atoms with Gasteiger partial charge in [0.15, 0.2) is 0 Å². The lowest BCUT2D eigenvalue weighted by Crippen LogP contribution is -2.42. The zero-order chi connectivity index (χ0) is 12.1. The Bertz CT molecular complexity index is 270. The van der Waals surface area contributed by atoms with Gasteiger partial charge < -0.3 is 9.84 Å². The van der Waals surface area contributed by atoms with Gasteiger partial charge in [-0.15, -0.1) is 0 Å². The first-order valence-electron chi connectivity index (χ1n) is 6.99. The van der Waals surface area contributed by atoms with Crippen molar-refractivity contribution in [1.29, 1.82) is 5.26 Å². The Hall–Kier alpha value is -0.590. The van der Waals surface area contributed by atoms with Gasteiger partial charge in [-0.2, -0.15) is 5.26 Å². The Balaban J connectivity index is 2.07. The fourth-order valence-electron chi connectivity index (χ4n) is 3.22. The summed E-state index contributed by atoms with van der Waals surface area (Å²) in [5.74, 6) is 0. The normalized spacial score (nSPS) is 31.2. The molecule has 2 atom stereocenters. The number of nitrogens with zero attached hydrogens (tertiary/aromatic N) is 1. The third-order valence-electron chi connectivity index (χ3n) is 4.35. The Morgan fingerprint density at radius 2 is 1.76 bits per heavy atom. The average molecular weight is 237 g/mol. The molecule has 1 aliphatic carbocycles. The first-order valence-corrected chi connectivity index (χ1v) is 6.99. The second-order valence-corrected chi connectivity index (χ2v) is 5.53. The summed E-state index contributed by atoms with van der Waals surface area (Å²) in [6.07, 6.45) is 8.71. The first-order chi connectivity index (χ1) is 8.28. The molecule has 0 aromatic carbocycles. The molecule has 3 nitrogen and oxygen atoms in total. The van der Waals surface area contributed by atoms with Crippen molar-refractivity contribution in [3.05, 3.63) is 0 Å². The molecule has 2 rings (SSSR count). The van der Waals surface area contributed by atoms with Crippen molar-refractivity contribution in [3.8, 4) is 6.07 Å². The maximum Gasteiger partial charge on any atom is 0.0987 e. The summed E-state index contributed by atoms with van der Waals surface area (Å²) in [6.45, 7) is 0.739. The second kappa shape index (κ2) is 5.84. The highest BCUT2D eigenvalue weighted by Crippen LogP contribution is 2.40. The average Bonchev–Trinajstić information content (AvgIpc) is 2.82. The van der Waals surface area contributed by atoms with Crippen molar-refractivity contribution in [3.63, 3.8) is 0 Å². The van der Waals surface area contributed by atoms with Crippen LogP contribution in [0.5, 0.6) is 0 Å². The zero-order valence-corrected chi connectivity index (χ0v) is 10.5. The van der Waals surface area contributed by atoms with Gasteiger partial charge in [-0.3, -0.25) is 0 Å². The number of hydrogen-bond acceptors (Lipinski definition) is 3. The van der Waals surface area contributed by atoms with Gasteiger partial charge in [0.05, 0.1) is 23.7 Å². The van der Waals surface area contributed by atoms with Crippen LogP contribution in [0.1, 0.15) is 57.8 Å². The molecule has 1 N–H and O–H groups in total. The van der Waals surface area contributed by atoms with Gasteiger partial charge in [0.25, 0.3) is 0 Å². The Morgan fingerprint density at radius 3 is 2.29 bits per heavy atom. The van der Waals surface area contributed by atoms with Crippen LogP contribution in [0.15, 0.2) is 0 Å². The molecule has 0 amide bonds. The number of hydrogen-bond donors (Lipinski definition) is 1. The van der Waals surface area contributed by atoms with E-state index >= 15 is 0 Å². The van der Waals surface area contributed by atoms with Crippen LogP contribution in [-0.2, 0) is 4.74 Å². The Labute approximate surface area is 104 Å². The van der Waals surface area contributed by atoms with E-state index in [1.807, 2.05) is 0 Å². The standard InChI is InChI=1S/C14H23NO2/c15-11-14(8-4-2-1-3-5-9-14)13(16)12-7-6-10-17-12/h12-13,16H,1-10H2. The van der Waals surface area contributed by atoms with E-state index in [1.165, 1.54) is 19.3 Å². The van der Waals surface area contributed by atoms with E-state index in [-0.39, 0.29) is 6.10 Å². The number of ether oxygens (including phenoxy) is 1. The first kappa shape index (κ1) is 12.9. The van der Waals surface area contributed by atoms with Gasteiger partial charge in [0.2, 0.25) is 0 Å². The fourth-order valence-corrected chi connectivity index (χ4v) is 3.22. The third-order valence-corrected chi connectivity index (χ3v) is 4.35. The van der Waals surface area contributed by atoms with Gasteiger partial charge in [-0.25, -0.2) is 0 Å². The van der Waals surface area contributed by atoms with Gasteiger partial charge in [-0.05, 0) is 25.7 Å². The Morgan fingerprint density at radius 1 is 1.12 bits per heavy atom. The van der Waals surface area contributed by atoms with Crippen LogP contribution in [0.25, 0.3) is 0 Å². The molecule has 17 heavy (non-hydrogen) atoms. The molecule has 0 bridgehead atoms. The van der Waals surface area contributed by atoms with Crippen LogP contribution < -0.4 is 0 Å². The van der Waals surface area contributed by atoms with Gasteiger partial charge in [0, 0.05) is 6.61 Å². The fraction of sp³-hybridized carbons (Fsp3) is 0.929. The molecule has 1 saturated heterocycles. The molecule has 0 radical (unpaired) electrons. The van der Waals surface area contributed by atoms with E-state index in [9.17, 15) is 10.4 Å². The number of rotatable bonds is 2. The minimum atomic E-state index is -0.590. The van der Waals surface area contributed by atoms with Crippen molar-refractivity contribution < 1.29 is 9.84 Å². The SMILES string of the molecule is N#CC1(C(O)C2CCCO2)CCCCCCC1. The summed E-state index contributed by atoms with van der Waals surface area (Å²) in [5.41, 5.74) is -0.546. The summed E-state index contributed by atoms with van der Waals surface area (Å²) in [6, 6.07) is 2.43. The largest absolute Gasteiger partial charge is 0.389 e. The second-order valence-electron chi connectivity index (χ2n) is 5.53. The lowest BCUT2D eigenvalue weighted by molar-refractivity contribution is -0.0624. The summed E-state index contributed by atoms with van der Waals surface area (Å²) in [5, 5.41) is 20.0. The van der Waals surface area contributed by atoms with E-state index in [0.29, 0.717) is 0 Å². The van der Waals surface area contributed by atoms with Crippen LogP contribution in [0, 0.1) is 16.7 Å². The highest BCUT2D eigenvalue weighted by molar-refractivity contribution is 5.06. The summed E-state index contributed by atoms with van der Waals surface area (Å²) < 4.78 is 5.57. The molecule has 3 heteroatoms. The maximum absolute atomic E-state index is 10.5. The van der Waals surface area contributed by atoms with Crippen LogP contribution in [0.3, 0.4) is 0 Å². The van der Waals surface area contributed by atoms with Crippen molar-refractivity contribution >= 4 is 0 Å². The predicted molar refractivity (Wildman–Crippen MR) is 65.3 cm³/mol. The highest BCUT2D eigenvalue weighted by Gasteiger charge is 2.43. The van der Waals surface area contributed by atoms with E-state index in [4.69, 9.17) is 4.74 Å². The molecular formula is C14H23NO2. The highest BCUT2D eigenvalue weighted by atomic mass is 16.5. The van der Waals surface area contributed by atoms with E-state index in [0.717, 1.165) is 45.1 Å². The van der Waals surface area contributed by atoms with Crippen molar-refractivity contribution in [2.24, 2.45) is 5.41 Å². The number of aliphatic hydroxyl groups excluding tert-OH is 1. The summed E-state index contributed by atoms with van der Waals surface area (Å²) in [4.78, 5) is 0. The van der Waals surface area contributed by atoms with Crippen molar-refractivity contribution in [2.75, 3.05) is 6.61 Å². The molecule has 2 fully saturated rings. The lowest BCUT2D eigenvalue weighted by Gasteiger charge is -2.35. The van der Waals surface area contributed by atoms with E-state index in [1.54, 1.807) is 0 Å². The van der Waals surface area contributed by atoms with Crippen LogP contribution in [0.2, 0.25) is 0 Å². The summed E-state index contributed by atoms with van der Waals surface area (Å²) >= 11 is 0. The van der Waals surface area contributed by atoms with E-state index < -0.39 is 11.5 Å². The molecule has 1 heterocycles. The maximum atomic E-state index is 10.5. The molecule has 0 aromatic rings. The van der Waals surface area contributed by atoms with Crippen LogP contribution in [0.4, 0.5) is 0 Å². The minimum absolute atomic E-state index is 0.103. The minimum Gasteiger partial charge on any atom is -0.389 e. The van der Waals surface area contributed by atoms with Crippen molar-refractivity contribution in [2.45, 2.75) is 70.0 Å². The van der Waals surface area contributed by atoms with Gasteiger partial charge in [-0.1, -0.05) is 32.1 Å². The zero-order valence-electron chi connectivity index (χ0n) is 10.5. The molecule has 1 saturated carbocycles. The molecular weight excluding hydrogens is 214 g/mol. The van der Waals surface area contributed by atoms with Gasteiger partial charge in [0.1, 0.15) is 0 Å².